The van der Waals surface area contributed by atoms with Crippen molar-refractivity contribution in [3.8, 4) is 0 Å². The molecule has 1 aromatic heterocycles. The number of aromatic carboxylic acids is 1. The summed E-state index contributed by atoms with van der Waals surface area (Å²) in [7, 11) is 1.82. The van der Waals surface area contributed by atoms with Crippen LogP contribution in [0.4, 0.5) is 5.82 Å². The van der Waals surface area contributed by atoms with Crippen LogP contribution in [0.1, 0.15) is 23.2 Å². The van der Waals surface area contributed by atoms with E-state index >= 15 is 0 Å². The number of rotatable bonds is 7. The Labute approximate surface area is 117 Å². The molecule has 0 saturated heterocycles. The third kappa shape index (κ3) is 3.81. The maximum atomic E-state index is 11.0. The standard InChI is InChI=1S/C13H17ClN2O3/c1-16(6-7-19-8-9-2-3-9)12-11(14)10(13(17)18)4-5-15-12/h4-5,9H,2-3,6-8H2,1H3,(H,17,18). The fraction of sp³-hybridized carbons (Fsp3) is 0.538. The number of hydrogen-bond acceptors (Lipinski definition) is 4. The third-order valence-corrected chi connectivity index (χ3v) is 3.46. The molecule has 1 aromatic rings. The quantitative estimate of drug-likeness (QED) is 0.779. The van der Waals surface area contributed by atoms with Gasteiger partial charge in [0.05, 0.1) is 17.2 Å². The second-order valence-electron chi connectivity index (χ2n) is 4.74. The Morgan fingerprint density at radius 2 is 2.37 bits per heavy atom. The molecule has 0 bridgehead atoms. The largest absolute Gasteiger partial charge is 0.478 e. The van der Waals surface area contributed by atoms with Crippen molar-refractivity contribution in [2.75, 3.05) is 31.7 Å². The minimum absolute atomic E-state index is 0.0671. The number of anilines is 1. The van der Waals surface area contributed by atoms with Crippen molar-refractivity contribution in [2.24, 2.45) is 5.92 Å². The van der Waals surface area contributed by atoms with Gasteiger partial charge in [-0.15, -0.1) is 0 Å². The highest BCUT2D eigenvalue weighted by atomic mass is 35.5. The predicted molar refractivity (Wildman–Crippen MR) is 73.0 cm³/mol. The summed E-state index contributed by atoms with van der Waals surface area (Å²) in [6.45, 7) is 2.02. The Morgan fingerprint density at radius 3 is 3.00 bits per heavy atom. The molecule has 2 rings (SSSR count). The van der Waals surface area contributed by atoms with Gasteiger partial charge in [-0.2, -0.15) is 0 Å². The van der Waals surface area contributed by atoms with Gasteiger partial charge in [-0.3, -0.25) is 0 Å². The van der Waals surface area contributed by atoms with E-state index in [0.717, 1.165) is 12.5 Å². The molecular weight excluding hydrogens is 268 g/mol. The first kappa shape index (κ1) is 14.1. The lowest BCUT2D eigenvalue weighted by molar-refractivity contribution is 0.0697. The van der Waals surface area contributed by atoms with Gasteiger partial charge in [0.1, 0.15) is 5.82 Å². The maximum absolute atomic E-state index is 11.0. The molecule has 0 atom stereocenters. The number of ether oxygens (including phenoxy) is 1. The van der Waals surface area contributed by atoms with Gasteiger partial charge < -0.3 is 14.7 Å². The van der Waals surface area contributed by atoms with Crippen molar-refractivity contribution < 1.29 is 14.6 Å². The molecule has 0 amide bonds. The van der Waals surface area contributed by atoms with Gasteiger partial charge in [0.25, 0.3) is 0 Å². The van der Waals surface area contributed by atoms with Crippen molar-refractivity contribution >= 4 is 23.4 Å². The smallest absolute Gasteiger partial charge is 0.337 e. The van der Waals surface area contributed by atoms with Crippen LogP contribution in [0.5, 0.6) is 0 Å². The van der Waals surface area contributed by atoms with E-state index in [1.807, 2.05) is 11.9 Å². The number of carboxylic acids is 1. The molecule has 104 valence electrons. The van der Waals surface area contributed by atoms with Crippen molar-refractivity contribution in [3.05, 3.63) is 22.8 Å². The number of pyridine rings is 1. The van der Waals surface area contributed by atoms with Crippen molar-refractivity contribution in [2.45, 2.75) is 12.8 Å². The average molecular weight is 285 g/mol. The molecule has 1 heterocycles. The summed E-state index contributed by atoms with van der Waals surface area (Å²) in [5.74, 6) is 0.158. The molecule has 6 heteroatoms. The van der Waals surface area contributed by atoms with Crippen LogP contribution in [-0.2, 0) is 4.74 Å². The van der Waals surface area contributed by atoms with Crippen LogP contribution in [0.15, 0.2) is 12.3 Å². The number of likely N-dealkylation sites (N-methyl/N-ethyl adjacent to an activating group) is 1. The summed E-state index contributed by atoms with van der Waals surface area (Å²) in [4.78, 5) is 16.9. The zero-order valence-corrected chi connectivity index (χ0v) is 11.6. The van der Waals surface area contributed by atoms with E-state index in [1.165, 1.54) is 25.1 Å². The van der Waals surface area contributed by atoms with Gasteiger partial charge in [0.2, 0.25) is 0 Å². The zero-order chi connectivity index (χ0) is 13.8. The fourth-order valence-corrected chi connectivity index (χ4v) is 2.04. The van der Waals surface area contributed by atoms with Gasteiger partial charge in [-0.25, -0.2) is 9.78 Å². The number of carbonyl (C=O) groups is 1. The summed E-state index contributed by atoms with van der Waals surface area (Å²) in [5, 5.41) is 9.16. The number of hydrogen-bond donors (Lipinski definition) is 1. The first-order valence-electron chi connectivity index (χ1n) is 6.26. The topological polar surface area (TPSA) is 62.7 Å². The molecule has 1 aliphatic rings. The lowest BCUT2D eigenvalue weighted by atomic mass is 10.2. The van der Waals surface area contributed by atoms with Gasteiger partial charge in [-0.05, 0) is 24.8 Å². The van der Waals surface area contributed by atoms with Gasteiger partial charge in [-0.1, -0.05) is 11.6 Å². The normalized spacial score (nSPS) is 14.4. The molecule has 1 fully saturated rings. The second kappa shape index (κ2) is 6.21. The third-order valence-electron chi connectivity index (χ3n) is 3.08. The first-order valence-corrected chi connectivity index (χ1v) is 6.64. The summed E-state index contributed by atoms with van der Waals surface area (Å²) in [6, 6.07) is 1.39. The van der Waals surface area contributed by atoms with Gasteiger partial charge in [0, 0.05) is 26.4 Å². The van der Waals surface area contributed by atoms with E-state index in [2.05, 4.69) is 4.98 Å². The van der Waals surface area contributed by atoms with Crippen LogP contribution < -0.4 is 4.90 Å². The van der Waals surface area contributed by atoms with E-state index < -0.39 is 5.97 Å². The highest BCUT2D eigenvalue weighted by molar-refractivity contribution is 6.35. The average Bonchev–Trinajstić information content (AvgIpc) is 3.18. The Kier molecular flexibility index (Phi) is 4.61. The van der Waals surface area contributed by atoms with E-state index in [9.17, 15) is 4.79 Å². The molecule has 0 aliphatic heterocycles. The predicted octanol–water partition coefficient (Wildman–Crippen LogP) is 2.30. The number of aromatic nitrogens is 1. The van der Waals surface area contributed by atoms with Crippen LogP contribution in [0.3, 0.4) is 0 Å². The highest BCUT2D eigenvalue weighted by Crippen LogP contribution is 2.29. The number of nitrogens with zero attached hydrogens (tertiary/aromatic N) is 2. The van der Waals surface area contributed by atoms with Crippen LogP contribution in [0.2, 0.25) is 5.02 Å². The van der Waals surface area contributed by atoms with Crippen molar-refractivity contribution in [3.63, 3.8) is 0 Å². The molecule has 5 nitrogen and oxygen atoms in total. The minimum Gasteiger partial charge on any atom is -0.478 e. The van der Waals surface area contributed by atoms with Crippen molar-refractivity contribution in [1.29, 1.82) is 0 Å². The Hall–Kier alpha value is -1.33. The van der Waals surface area contributed by atoms with E-state index in [1.54, 1.807) is 0 Å². The molecule has 1 saturated carbocycles. The van der Waals surface area contributed by atoms with Gasteiger partial charge in [0.15, 0.2) is 0 Å². The maximum Gasteiger partial charge on any atom is 0.337 e. The molecule has 0 radical (unpaired) electrons. The summed E-state index contributed by atoms with van der Waals surface area (Å²) in [6.07, 6.45) is 3.99. The number of halogens is 1. The molecule has 0 unspecified atom stereocenters. The van der Waals surface area contributed by atoms with Crippen LogP contribution >= 0.6 is 11.6 Å². The summed E-state index contributed by atoms with van der Waals surface area (Å²) < 4.78 is 5.54. The zero-order valence-electron chi connectivity index (χ0n) is 10.8. The Bertz CT molecular complexity index is 463. The lowest BCUT2D eigenvalue weighted by Crippen LogP contribution is -2.24. The van der Waals surface area contributed by atoms with E-state index in [0.29, 0.717) is 19.0 Å². The Morgan fingerprint density at radius 1 is 1.63 bits per heavy atom. The van der Waals surface area contributed by atoms with Crippen LogP contribution in [0, 0.1) is 5.92 Å². The monoisotopic (exact) mass is 284 g/mol. The molecule has 1 N–H and O–H groups in total. The van der Waals surface area contributed by atoms with Crippen LogP contribution in [0.25, 0.3) is 0 Å². The molecule has 1 aliphatic carbocycles. The van der Waals surface area contributed by atoms with E-state index in [4.69, 9.17) is 21.4 Å². The summed E-state index contributed by atoms with van der Waals surface area (Å²) >= 11 is 6.05. The SMILES string of the molecule is CN(CCOCC1CC1)c1nccc(C(=O)O)c1Cl. The first-order chi connectivity index (χ1) is 9.09. The molecular formula is C13H17ClN2O3. The Balaban J connectivity index is 1.91. The van der Waals surface area contributed by atoms with Gasteiger partial charge >= 0.3 is 5.97 Å². The summed E-state index contributed by atoms with van der Waals surface area (Å²) in [5.41, 5.74) is 0.0671. The molecule has 0 aromatic carbocycles. The minimum atomic E-state index is -1.05. The second-order valence-corrected chi connectivity index (χ2v) is 5.12. The molecule has 19 heavy (non-hydrogen) atoms. The highest BCUT2D eigenvalue weighted by Gasteiger charge is 2.21. The van der Waals surface area contributed by atoms with Crippen LogP contribution in [-0.4, -0.2) is 42.9 Å². The van der Waals surface area contributed by atoms with E-state index in [-0.39, 0.29) is 10.6 Å². The lowest BCUT2D eigenvalue weighted by Gasteiger charge is -2.19. The number of carboxylic acid groups (broad SMARTS) is 1. The fourth-order valence-electron chi connectivity index (χ4n) is 1.71. The molecule has 0 spiro atoms. The van der Waals surface area contributed by atoms with Crippen molar-refractivity contribution in [1.82, 2.24) is 4.98 Å².